The van der Waals surface area contributed by atoms with Gasteiger partial charge in [-0.25, -0.2) is 0 Å². The Morgan fingerprint density at radius 2 is 1.91 bits per heavy atom. The van der Waals surface area contributed by atoms with Crippen molar-refractivity contribution in [2.45, 2.75) is 53.5 Å². The number of halogens is 1. The van der Waals surface area contributed by atoms with Gasteiger partial charge < -0.3 is 0 Å². The fourth-order valence-electron chi connectivity index (χ4n) is 5.51. The third kappa shape index (κ3) is 1.83. The number of fused-ring (bicyclic) bond motifs is 2. The highest BCUT2D eigenvalue weighted by molar-refractivity contribution is 6.30. The van der Waals surface area contributed by atoms with Gasteiger partial charge in [-0.15, -0.1) is 0 Å². The molecule has 0 aromatic heterocycles. The van der Waals surface area contributed by atoms with Crippen LogP contribution in [0.25, 0.3) is 0 Å². The molecule has 4 heteroatoms. The van der Waals surface area contributed by atoms with Gasteiger partial charge in [0.1, 0.15) is 0 Å². The predicted molar refractivity (Wildman–Crippen MR) is 93.3 cm³/mol. The molecule has 2 aliphatic rings. The molecule has 3 nitrogen and oxygen atoms in total. The van der Waals surface area contributed by atoms with Crippen molar-refractivity contribution < 1.29 is 4.92 Å². The molecule has 0 amide bonds. The fraction of sp³-hybridized carbons (Fsp3) is 0.579. The largest absolute Gasteiger partial charge is 0.264 e. The van der Waals surface area contributed by atoms with Crippen LogP contribution in [0.15, 0.2) is 35.4 Å². The summed E-state index contributed by atoms with van der Waals surface area (Å²) in [5.74, 6) is 0. The first-order valence-corrected chi connectivity index (χ1v) is 8.52. The van der Waals surface area contributed by atoms with Crippen LogP contribution in [-0.2, 0) is 6.42 Å². The van der Waals surface area contributed by atoms with Gasteiger partial charge in [0.15, 0.2) is 0 Å². The maximum absolute atomic E-state index is 11.7. The molecule has 0 aliphatic heterocycles. The van der Waals surface area contributed by atoms with E-state index in [1.807, 2.05) is 18.2 Å². The van der Waals surface area contributed by atoms with Crippen LogP contribution in [0, 0.1) is 26.4 Å². The Kier molecular flexibility index (Phi) is 3.46. The van der Waals surface area contributed by atoms with Gasteiger partial charge in [0.2, 0.25) is 6.04 Å². The molecular formula is C19H24ClNO2. The van der Waals surface area contributed by atoms with Crippen LogP contribution in [0.3, 0.4) is 0 Å². The van der Waals surface area contributed by atoms with E-state index in [0.717, 1.165) is 17.0 Å². The third-order valence-corrected chi connectivity index (χ3v) is 7.74. The molecule has 0 unspecified atom stereocenters. The Labute approximate surface area is 142 Å². The lowest BCUT2D eigenvalue weighted by atomic mass is 9.58. The van der Waals surface area contributed by atoms with Crippen LogP contribution in [0.4, 0.5) is 0 Å². The first kappa shape index (κ1) is 16.5. The van der Waals surface area contributed by atoms with Gasteiger partial charge in [0.05, 0.1) is 5.41 Å². The van der Waals surface area contributed by atoms with Crippen molar-refractivity contribution in [3.63, 3.8) is 0 Å². The summed E-state index contributed by atoms with van der Waals surface area (Å²) in [5.41, 5.74) is 2.95. The van der Waals surface area contributed by atoms with E-state index in [9.17, 15) is 10.1 Å². The minimum Gasteiger partial charge on any atom is -0.264 e. The number of hydrogen-bond donors (Lipinski definition) is 0. The van der Waals surface area contributed by atoms with Gasteiger partial charge in [0, 0.05) is 21.8 Å². The van der Waals surface area contributed by atoms with E-state index >= 15 is 0 Å². The summed E-state index contributed by atoms with van der Waals surface area (Å²) in [6.45, 7) is 10.8. The van der Waals surface area contributed by atoms with Crippen molar-refractivity contribution in [1.29, 1.82) is 0 Å². The quantitative estimate of drug-likeness (QED) is 0.428. The molecule has 0 saturated heterocycles. The molecule has 124 valence electrons. The summed E-state index contributed by atoms with van der Waals surface area (Å²) >= 11 is 6.15. The van der Waals surface area contributed by atoms with Crippen LogP contribution in [0.1, 0.15) is 46.6 Å². The molecule has 2 aliphatic carbocycles. The van der Waals surface area contributed by atoms with Crippen LogP contribution in [0.2, 0.25) is 5.02 Å². The van der Waals surface area contributed by atoms with Gasteiger partial charge >= 0.3 is 0 Å². The Bertz CT molecular complexity index is 728. The van der Waals surface area contributed by atoms with Gasteiger partial charge in [0.25, 0.3) is 0 Å². The number of allylic oxidation sites excluding steroid dienone is 1. The zero-order chi connectivity index (χ0) is 17.2. The second kappa shape index (κ2) is 4.83. The summed E-state index contributed by atoms with van der Waals surface area (Å²) in [5, 5.41) is 12.5. The summed E-state index contributed by atoms with van der Waals surface area (Å²) in [7, 11) is 0. The van der Waals surface area contributed by atoms with Gasteiger partial charge in [-0.3, -0.25) is 10.1 Å². The second-order valence-corrected chi connectivity index (χ2v) is 8.36. The van der Waals surface area contributed by atoms with E-state index in [0.29, 0.717) is 6.42 Å². The molecule has 1 aromatic rings. The van der Waals surface area contributed by atoms with Crippen molar-refractivity contribution in [2.75, 3.05) is 0 Å². The summed E-state index contributed by atoms with van der Waals surface area (Å²) < 4.78 is 0. The second-order valence-electron chi connectivity index (χ2n) is 7.93. The van der Waals surface area contributed by atoms with Crippen LogP contribution >= 0.6 is 11.6 Å². The predicted octanol–water partition coefficient (Wildman–Crippen LogP) is 5.30. The average molecular weight is 334 g/mol. The van der Waals surface area contributed by atoms with E-state index in [1.54, 1.807) is 0 Å². The molecular weight excluding hydrogens is 310 g/mol. The Morgan fingerprint density at radius 3 is 2.48 bits per heavy atom. The lowest BCUT2D eigenvalue weighted by Crippen LogP contribution is -2.45. The van der Waals surface area contributed by atoms with E-state index in [4.69, 9.17) is 11.6 Å². The highest BCUT2D eigenvalue weighted by Crippen LogP contribution is 2.75. The first-order chi connectivity index (χ1) is 10.6. The van der Waals surface area contributed by atoms with Crippen molar-refractivity contribution in [3.05, 3.63) is 56.1 Å². The van der Waals surface area contributed by atoms with Crippen molar-refractivity contribution >= 4 is 11.6 Å². The SMILES string of the molecule is CC1=C(C)[C@]2(C)[C@H]([N+](=O)[O-])C[C@@]1(C)[C@]2(C)Cc1cccc(Cl)c1. The van der Waals surface area contributed by atoms with E-state index in [1.165, 1.54) is 11.1 Å². The van der Waals surface area contributed by atoms with Crippen LogP contribution < -0.4 is 0 Å². The standard InChI is InChI=1S/C19H24ClNO2/c1-12-13(2)19(5)16(21(22)23)11-17(12,3)18(19,4)10-14-7-6-8-15(20)9-14/h6-9,16H,10-11H2,1-5H3/t16-,17-,18+,19-/m1/s1. The molecule has 0 radical (unpaired) electrons. The van der Waals surface area contributed by atoms with Crippen LogP contribution in [0.5, 0.6) is 0 Å². The lowest BCUT2D eigenvalue weighted by Gasteiger charge is -2.43. The zero-order valence-corrected chi connectivity index (χ0v) is 15.2. The summed E-state index contributed by atoms with van der Waals surface area (Å²) in [6, 6.07) is 7.38. The summed E-state index contributed by atoms with van der Waals surface area (Å²) in [4.78, 5) is 11.7. The fourth-order valence-corrected chi connectivity index (χ4v) is 5.72. The van der Waals surface area contributed by atoms with Crippen molar-refractivity contribution in [2.24, 2.45) is 16.2 Å². The Morgan fingerprint density at radius 1 is 1.26 bits per heavy atom. The third-order valence-electron chi connectivity index (χ3n) is 7.50. The minimum absolute atomic E-state index is 0.0581. The zero-order valence-electron chi connectivity index (χ0n) is 14.4. The highest BCUT2D eigenvalue weighted by atomic mass is 35.5. The first-order valence-electron chi connectivity index (χ1n) is 8.14. The Balaban J connectivity index is 2.14. The van der Waals surface area contributed by atoms with E-state index in [-0.39, 0.29) is 15.8 Å². The minimum atomic E-state index is -0.514. The maximum Gasteiger partial charge on any atom is 0.223 e. The average Bonchev–Trinajstić information content (AvgIpc) is 2.70. The number of hydrogen-bond acceptors (Lipinski definition) is 2. The summed E-state index contributed by atoms with van der Waals surface area (Å²) in [6.07, 6.45) is 1.43. The number of nitrogens with zero attached hydrogens (tertiary/aromatic N) is 1. The molecule has 2 bridgehead atoms. The molecule has 23 heavy (non-hydrogen) atoms. The highest BCUT2D eigenvalue weighted by Gasteiger charge is 2.75. The molecule has 1 saturated carbocycles. The molecule has 0 heterocycles. The normalized spacial score (nSPS) is 39.1. The van der Waals surface area contributed by atoms with Crippen LogP contribution in [-0.4, -0.2) is 11.0 Å². The lowest BCUT2D eigenvalue weighted by molar-refractivity contribution is -0.538. The van der Waals surface area contributed by atoms with E-state index in [2.05, 4.69) is 40.7 Å². The molecule has 1 aromatic carbocycles. The monoisotopic (exact) mass is 333 g/mol. The topological polar surface area (TPSA) is 43.1 Å². The molecule has 1 fully saturated rings. The van der Waals surface area contributed by atoms with E-state index < -0.39 is 11.5 Å². The van der Waals surface area contributed by atoms with Gasteiger partial charge in [-0.05, 0) is 50.3 Å². The molecule has 0 spiro atoms. The molecule has 0 N–H and O–H groups in total. The maximum atomic E-state index is 11.7. The van der Waals surface area contributed by atoms with Gasteiger partial charge in [-0.2, -0.15) is 0 Å². The smallest absolute Gasteiger partial charge is 0.223 e. The molecule has 4 atom stereocenters. The Hall–Kier alpha value is -1.35. The number of rotatable bonds is 3. The molecule has 3 rings (SSSR count). The number of nitro groups is 1. The van der Waals surface area contributed by atoms with Crippen molar-refractivity contribution in [1.82, 2.24) is 0 Å². The number of benzene rings is 1. The van der Waals surface area contributed by atoms with Crippen molar-refractivity contribution in [3.8, 4) is 0 Å². The van der Waals surface area contributed by atoms with Gasteiger partial charge in [-0.1, -0.05) is 48.7 Å².